The molecule has 2 unspecified atom stereocenters. The SMILES string of the molecule is COC1(OC)[C@H]2C(=O)[C@@H](C3CCCC32)C1(C)C. The topological polar surface area (TPSA) is 35.5 Å². The van der Waals surface area contributed by atoms with E-state index < -0.39 is 5.79 Å². The standard InChI is InChI=1S/C14H22O3/c1-13(2)10-8-6-5-7-9(8)11(12(10)15)14(13,16-3)17-4/h8-11H,5-7H2,1-4H3/t8?,9?,10-,11-/m1/s1. The average Bonchev–Trinajstić information content (AvgIpc) is 2.86. The van der Waals surface area contributed by atoms with E-state index in [4.69, 9.17) is 9.47 Å². The molecule has 4 atom stereocenters. The first-order chi connectivity index (χ1) is 8.01. The fraction of sp³-hybridized carbons (Fsp3) is 0.929. The summed E-state index contributed by atoms with van der Waals surface area (Å²) >= 11 is 0. The van der Waals surface area contributed by atoms with E-state index in [9.17, 15) is 4.79 Å². The molecule has 0 radical (unpaired) electrons. The van der Waals surface area contributed by atoms with E-state index in [2.05, 4.69) is 13.8 Å². The van der Waals surface area contributed by atoms with Crippen LogP contribution in [0.3, 0.4) is 0 Å². The average molecular weight is 238 g/mol. The molecule has 0 amide bonds. The van der Waals surface area contributed by atoms with Crippen LogP contribution in [0.15, 0.2) is 0 Å². The Hall–Kier alpha value is -0.410. The molecule has 3 aliphatic carbocycles. The van der Waals surface area contributed by atoms with Crippen LogP contribution >= 0.6 is 0 Å². The molecule has 0 saturated heterocycles. The van der Waals surface area contributed by atoms with Gasteiger partial charge in [-0.1, -0.05) is 20.3 Å². The number of methoxy groups -OCH3 is 2. The van der Waals surface area contributed by atoms with Crippen molar-refractivity contribution in [1.82, 2.24) is 0 Å². The van der Waals surface area contributed by atoms with E-state index in [1.165, 1.54) is 19.3 Å². The van der Waals surface area contributed by atoms with Gasteiger partial charge in [0.1, 0.15) is 5.78 Å². The summed E-state index contributed by atoms with van der Waals surface area (Å²) < 4.78 is 11.5. The fourth-order valence-corrected chi connectivity index (χ4v) is 5.30. The minimum atomic E-state index is -0.694. The highest BCUT2D eigenvalue weighted by atomic mass is 16.7. The minimum Gasteiger partial charge on any atom is -0.352 e. The third kappa shape index (κ3) is 1.04. The zero-order chi connectivity index (χ0) is 12.4. The van der Waals surface area contributed by atoms with Crippen molar-refractivity contribution in [3.63, 3.8) is 0 Å². The second kappa shape index (κ2) is 3.33. The number of hydrogen-bond acceptors (Lipinski definition) is 3. The molecule has 0 spiro atoms. The number of carbonyl (C=O) groups is 1. The van der Waals surface area contributed by atoms with Crippen LogP contribution in [0.25, 0.3) is 0 Å². The Morgan fingerprint density at radius 3 is 2.12 bits per heavy atom. The highest BCUT2D eigenvalue weighted by molar-refractivity contribution is 5.91. The van der Waals surface area contributed by atoms with Crippen LogP contribution in [0.5, 0.6) is 0 Å². The maximum Gasteiger partial charge on any atom is 0.183 e. The predicted molar refractivity (Wildman–Crippen MR) is 63.3 cm³/mol. The van der Waals surface area contributed by atoms with Crippen LogP contribution in [0.4, 0.5) is 0 Å². The molecule has 17 heavy (non-hydrogen) atoms. The lowest BCUT2D eigenvalue weighted by Gasteiger charge is -2.50. The first-order valence-corrected chi connectivity index (χ1v) is 6.65. The van der Waals surface area contributed by atoms with Gasteiger partial charge in [0.25, 0.3) is 0 Å². The highest BCUT2D eigenvalue weighted by Crippen LogP contribution is 2.68. The van der Waals surface area contributed by atoms with Gasteiger partial charge in [-0.05, 0) is 24.7 Å². The van der Waals surface area contributed by atoms with Crippen molar-refractivity contribution < 1.29 is 14.3 Å². The second-order valence-electron chi connectivity index (χ2n) is 6.41. The van der Waals surface area contributed by atoms with Gasteiger partial charge >= 0.3 is 0 Å². The molecule has 3 heteroatoms. The second-order valence-corrected chi connectivity index (χ2v) is 6.41. The van der Waals surface area contributed by atoms with Crippen molar-refractivity contribution >= 4 is 5.78 Å². The summed E-state index contributed by atoms with van der Waals surface area (Å²) in [5.41, 5.74) is -0.205. The van der Waals surface area contributed by atoms with Gasteiger partial charge in [0.2, 0.25) is 0 Å². The summed E-state index contributed by atoms with van der Waals surface area (Å²) in [6, 6.07) is 0. The minimum absolute atomic E-state index is 0.0370. The third-order valence-electron chi connectivity index (χ3n) is 5.79. The van der Waals surface area contributed by atoms with Gasteiger partial charge in [0, 0.05) is 25.6 Å². The number of carbonyl (C=O) groups excluding carboxylic acids is 1. The predicted octanol–water partition coefficient (Wildman–Crippen LogP) is 2.25. The zero-order valence-corrected chi connectivity index (χ0v) is 11.2. The van der Waals surface area contributed by atoms with E-state index in [0.29, 0.717) is 17.6 Å². The molecule has 0 aromatic rings. The molecule has 0 aromatic heterocycles. The van der Waals surface area contributed by atoms with E-state index in [0.717, 1.165) is 0 Å². The lowest BCUT2D eigenvalue weighted by Crippen LogP contribution is -2.56. The van der Waals surface area contributed by atoms with Crippen LogP contribution in [0.2, 0.25) is 0 Å². The quantitative estimate of drug-likeness (QED) is 0.692. The number of ketones is 1. The number of ether oxygens (including phenoxy) is 2. The van der Waals surface area contributed by atoms with Gasteiger partial charge in [0.05, 0.1) is 5.92 Å². The van der Waals surface area contributed by atoms with Crippen LogP contribution in [-0.2, 0) is 14.3 Å². The normalized spacial score (nSPS) is 45.3. The number of fused-ring (bicyclic) bond motifs is 5. The lowest BCUT2D eigenvalue weighted by molar-refractivity contribution is -0.303. The van der Waals surface area contributed by atoms with Crippen molar-refractivity contribution in [3.8, 4) is 0 Å². The number of hydrogen-bond donors (Lipinski definition) is 0. The molecule has 0 N–H and O–H groups in total. The summed E-state index contributed by atoms with van der Waals surface area (Å²) in [6.07, 6.45) is 3.64. The maximum atomic E-state index is 12.6. The van der Waals surface area contributed by atoms with Crippen molar-refractivity contribution in [2.75, 3.05) is 14.2 Å². The van der Waals surface area contributed by atoms with E-state index in [1.54, 1.807) is 14.2 Å². The molecular weight excluding hydrogens is 216 g/mol. The van der Waals surface area contributed by atoms with Gasteiger partial charge in [-0.3, -0.25) is 4.79 Å². The number of rotatable bonds is 2. The van der Waals surface area contributed by atoms with Gasteiger partial charge < -0.3 is 9.47 Å². The molecule has 3 rings (SSSR count). The summed E-state index contributed by atoms with van der Waals surface area (Å²) in [5, 5.41) is 0. The Kier molecular flexibility index (Phi) is 2.28. The molecule has 0 aromatic carbocycles. The Labute approximate surface area is 103 Å². The molecule has 3 nitrogen and oxygen atoms in total. The van der Waals surface area contributed by atoms with Gasteiger partial charge in [0.15, 0.2) is 5.79 Å². The molecule has 3 fully saturated rings. The molecule has 0 heterocycles. The van der Waals surface area contributed by atoms with Crippen LogP contribution < -0.4 is 0 Å². The van der Waals surface area contributed by atoms with E-state index >= 15 is 0 Å². The first kappa shape index (κ1) is 11.7. The molecule has 2 bridgehead atoms. The molecule has 0 aliphatic heterocycles. The highest BCUT2D eigenvalue weighted by Gasteiger charge is 2.75. The molecular formula is C14H22O3. The summed E-state index contributed by atoms with van der Waals surface area (Å²) in [5.74, 6) is 0.889. The van der Waals surface area contributed by atoms with Gasteiger partial charge in [-0.15, -0.1) is 0 Å². The van der Waals surface area contributed by atoms with Crippen molar-refractivity contribution in [3.05, 3.63) is 0 Å². The Balaban J connectivity index is 2.12. The zero-order valence-electron chi connectivity index (χ0n) is 11.2. The Morgan fingerprint density at radius 2 is 1.59 bits per heavy atom. The smallest absolute Gasteiger partial charge is 0.183 e. The van der Waals surface area contributed by atoms with Gasteiger partial charge in [-0.25, -0.2) is 0 Å². The van der Waals surface area contributed by atoms with E-state index in [1.807, 2.05) is 0 Å². The third-order valence-corrected chi connectivity index (χ3v) is 5.79. The first-order valence-electron chi connectivity index (χ1n) is 6.65. The van der Waals surface area contributed by atoms with Crippen LogP contribution in [-0.4, -0.2) is 25.8 Å². The monoisotopic (exact) mass is 238 g/mol. The molecule has 96 valence electrons. The Morgan fingerprint density at radius 1 is 1.06 bits per heavy atom. The fourth-order valence-electron chi connectivity index (χ4n) is 5.30. The van der Waals surface area contributed by atoms with Crippen LogP contribution in [0, 0.1) is 29.1 Å². The van der Waals surface area contributed by atoms with Crippen molar-refractivity contribution in [2.45, 2.75) is 38.9 Å². The van der Waals surface area contributed by atoms with Crippen LogP contribution in [0.1, 0.15) is 33.1 Å². The number of Topliss-reactive ketones (excluding diaryl/α,β-unsaturated/α-hetero) is 1. The van der Waals surface area contributed by atoms with E-state index in [-0.39, 0.29) is 17.3 Å². The van der Waals surface area contributed by atoms with Gasteiger partial charge in [-0.2, -0.15) is 0 Å². The summed E-state index contributed by atoms with van der Waals surface area (Å²) in [7, 11) is 3.37. The maximum absolute atomic E-state index is 12.6. The molecule has 3 saturated carbocycles. The lowest BCUT2D eigenvalue weighted by atomic mass is 9.64. The summed E-state index contributed by atoms with van der Waals surface area (Å²) in [4.78, 5) is 12.6. The summed E-state index contributed by atoms with van der Waals surface area (Å²) in [6.45, 7) is 4.27. The van der Waals surface area contributed by atoms with Crippen molar-refractivity contribution in [1.29, 1.82) is 0 Å². The van der Waals surface area contributed by atoms with Crippen molar-refractivity contribution in [2.24, 2.45) is 29.1 Å². The largest absolute Gasteiger partial charge is 0.352 e. The Bertz CT molecular complexity index is 356. The molecule has 3 aliphatic rings.